The average Bonchev–Trinajstić information content (AvgIpc) is 2.96. The molecule has 7 heteroatoms. The number of hydrogen-bond donors (Lipinski definition) is 1. The molecule has 2 aliphatic rings. The molecule has 1 aliphatic carbocycles. The van der Waals surface area contributed by atoms with Crippen molar-refractivity contribution in [1.29, 1.82) is 0 Å². The number of carbonyl (C=O) groups excluding carboxylic acids is 1. The Bertz CT molecular complexity index is 786. The van der Waals surface area contributed by atoms with Crippen LogP contribution in [-0.2, 0) is 14.8 Å². The van der Waals surface area contributed by atoms with Crippen LogP contribution in [0.3, 0.4) is 0 Å². The first kappa shape index (κ1) is 21.1. The molecule has 0 bridgehead atoms. The molecule has 1 aliphatic heterocycles. The van der Waals surface area contributed by atoms with Crippen molar-refractivity contribution in [2.45, 2.75) is 69.2 Å². The first-order chi connectivity index (χ1) is 13.4. The summed E-state index contributed by atoms with van der Waals surface area (Å²) in [5.41, 5.74) is 0.860. The number of nitrogens with one attached hydrogen (secondary N) is 1. The molecule has 1 saturated heterocycles. The van der Waals surface area contributed by atoms with Gasteiger partial charge >= 0.3 is 0 Å². The third-order valence-electron chi connectivity index (χ3n) is 5.89. The molecule has 1 saturated carbocycles. The van der Waals surface area contributed by atoms with Crippen LogP contribution in [0.5, 0.6) is 5.75 Å². The first-order valence-corrected chi connectivity index (χ1v) is 11.8. The Hall–Kier alpha value is -1.60. The molecule has 1 heterocycles. The lowest BCUT2D eigenvalue weighted by atomic mass is 9.97. The summed E-state index contributed by atoms with van der Waals surface area (Å²) in [7, 11) is -2.23. The Kier molecular flexibility index (Phi) is 6.99. The summed E-state index contributed by atoms with van der Waals surface area (Å²) in [5.74, 6) is 0.0567. The maximum Gasteiger partial charge on any atom is 0.246 e. The molecule has 156 valence electrons. The topological polar surface area (TPSA) is 75.7 Å². The van der Waals surface area contributed by atoms with Gasteiger partial charge in [-0.3, -0.25) is 4.79 Å². The summed E-state index contributed by atoms with van der Waals surface area (Å²) < 4.78 is 33.2. The molecule has 1 amide bonds. The van der Waals surface area contributed by atoms with Crippen LogP contribution in [-0.4, -0.2) is 44.9 Å². The second-order valence-electron chi connectivity index (χ2n) is 8.05. The fourth-order valence-corrected chi connectivity index (χ4v) is 6.01. The molecule has 1 atom stereocenters. The minimum absolute atomic E-state index is 0.00278. The van der Waals surface area contributed by atoms with E-state index in [-0.39, 0.29) is 29.3 Å². The zero-order valence-electron chi connectivity index (χ0n) is 16.9. The number of benzene rings is 1. The van der Waals surface area contributed by atoms with Crippen LogP contribution < -0.4 is 10.1 Å². The number of ether oxygens (including phenoxy) is 1. The van der Waals surface area contributed by atoms with Crippen molar-refractivity contribution in [1.82, 2.24) is 9.62 Å². The number of hydrogen-bond acceptors (Lipinski definition) is 4. The number of sulfonamides is 1. The van der Waals surface area contributed by atoms with Crippen molar-refractivity contribution in [3.8, 4) is 5.75 Å². The smallest absolute Gasteiger partial charge is 0.246 e. The van der Waals surface area contributed by atoms with Crippen molar-refractivity contribution in [2.24, 2.45) is 5.92 Å². The summed E-state index contributed by atoms with van der Waals surface area (Å²) in [6, 6.07) is 5.39. The van der Waals surface area contributed by atoms with Crippen molar-refractivity contribution in [3.63, 3.8) is 0 Å². The molecule has 6 nitrogen and oxygen atoms in total. The van der Waals surface area contributed by atoms with E-state index in [0.717, 1.165) is 37.7 Å². The zero-order chi connectivity index (χ0) is 20.1. The largest absolute Gasteiger partial charge is 0.495 e. The fraction of sp³-hybridized carbons (Fsp3) is 0.667. The number of rotatable bonds is 5. The average molecular weight is 409 g/mol. The van der Waals surface area contributed by atoms with Crippen molar-refractivity contribution >= 4 is 15.9 Å². The van der Waals surface area contributed by atoms with Crippen LogP contribution in [0.4, 0.5) is 0 Å². The van der Waals surface area contributed by atoms with Gasteiger partial charge in [-0.05, 0) is 50.3 Å². The number of methoxy groups -OCH3 is 1. The van der Waals surface area contributed by atoms with E-state index in [1.54, 1.807) is 12.1 Å². The van der Waals surface area contributed by atoms with Crippen LogP contribution in [0.15, 0.2) is 23.1 Å². The normalized spacial score (nSPS) is 22.4. The van der Waals surface area contributed by atoms with E-state index in [2.05, 4.69) is 5.32 Å². The molecule has 0 aromatic heterocycles. The third-order valence-corrected chi connectivity index (χ3v) is 7.78. The van der Waals surface area contributed by atoms with Crippen LogP contribution in [0, 0.1) is 12.8 Å². The molecule has 1 aromatic carbocycles. The highest BCUT2D eigenvalue weighted by Gasteiger charge is 2.35. The lowest BCUT2D eigenvalue weighted by Gasteiger charge is -2.32. The van der Waals surface area contributed by atoms with E-state index in [1.165, 1.54) is 24.3 Å². The Morgan fingerprint density at radius 1 is 1.11 bits per heavy atom. The molecule has 2 fully saturated rings. The zero-order valence-corrected chi connectivity index (χ0v) is 17.8. The molecular formula is C21H32N2O4S. The summed E-state index contributed by atoms with van der Waals surface area (Å²) in [6.45, 7) is 2.53. The fourth-order valence-electron chi connectivity index (χ4n) is 4.24. The minimum atomic E-state index is -3.70. The number of nitrogens with zero attached hydrogens (tertiary/aromatic N) is 1. The van der Waals surface area contributed by atoms with Gasteiger partial charge in [-0.25, -0.2) is 8.42 Å². The van der Waals surface area contributed by atoms with E-state index in [4.69, 9.17) is 4.74 Å². The lowest BCUT2D eigenvalue weighted by molar-refractivity contribution is -0.126. The molecule has 1 unspecified atom stereocenters. The standard InChI is InChI=1S/C21H32N2O4S/c1-16-11-12-19(27-2)20(14-16)28(25,26)23-13-7-8-17(15-23)21(24)22-18-9-5-3-4-6-10-18/h11-12,14,17-18H,3-10,13,15H2,1-2H3,(H,22,24). The predicted octanol–water partition coefficient (Wildman–Crippen LogP) is 3.24. The summed E-state index contributed by atoms with van der Waals surface area (Å²) in [6.07, 6.45) is 8.26. The van der Waals surface area contributed by atoms with E-state index < -0.39 is 10.0 Å². The molecule has 1 N–H and O–H groups in total. The molecule has 1 aromatic rings. The van der Waals surface area contributed by atoms with Crippen molar-refractivity contribution in [2.75, 3.05) is 20.2 Å². The molecule has 28 heavy (non-hydrogen) atoms. The quantitative estimate of drug-likeness (QED) is 0.759. The molecule has 0 spiro atoms. The summed E-state index contributed by atoms with van der Waals surface area (Å²) >= 11 is 0. The minimum Gasteiger partial charge on any atom is -0.495 e. The van der Waals surface area contributed by atoms with Crippen LogP contribution in [0.2, 0.25) is 0 Å². The van der Waals surface area contributed by atoms with Gasteiger partial charge in [0.25, 0.3) is 0 Å². The Morgan fingerprint density at radius 3 is 2.50 bits per heavy atom. The van der Waals surface area contributed by atoms with Crippen LogP contribution in [0.1, 0.15) is 56.9 Å². The highest BCUT2D eigenvalue weighted by Crippen LogP contribution is 2.31. The number of amides is 1. The highest BCUT2D eigenvalue weighted by molar-refractivity contribution is 7.89. The number of piperidine rings is 1. The number of aryl methyl sites for hydroxylation is 1. The van der Waals surface area contributed by atoms with Gasteiger partial charge < -0.3 is 10.1 Å². The monoisotopic (exact) mass is 408 g/mol. The van der Waals surface area contributed by atoms with E-state index in [9.17, 15) is 13.2 Å². The van der Waals surface area contributed by atoms with Gasteiger partial charge in [-0.15, -0.1) is 0 Å². The van der Waals surface area contributed by atoms with E-state index >= 15 is 0 Å². The summed E-state index contributed by atoms with van der Waals surface area (Å²) in [5, 5.41) is 3.19. The van der Waals surface area contributed by atoms with Crippen molar-refractivity contribution < 1.29 is 17.9 Å². The van der Waals surface area contributed by atoms with E-state index in [1.807, 2.05) is 13.0 Å². The number of carbonyl (C=O) groups is 1. The van der Waals surface area contributed by atoms with Gasteiger partial charge in [-0.1, -0.05) is 31.7 Å². The van der Waals surface area contributed by atoms with Crippen LogP contribution >= 0.6 is 0 Å². The van der Waals surface area contributed by atoms with Crippen molar-refractivity contribution in [3.05, 3.63) is 23.8 Å². The first-order valence-electron chi connectivity index (χ1n) is 10.4. The second-order valence-corrected chi connectivity index (χ2v) is 9.96. The lowest BCUT2D eigenvalue weighted by Crippen LogP contribution is -2.47. The molecule has 0 radical (unpaired) electrons. The van der Waals surface area contributed by atoms with Gasteiger partial charge in [0.15, 0.2) is 0 Å². The SMILES string of the molecule is COc1ccc(C)cc1S(=O)(=O)N1CCCC(C(=O)NC2CCCCCC2)C1. The Labute approximate surface area is 168 Å². The Balaban J connectivity index is 1.71. The second kappa shape index (κ2) is 9.27. The maximum absolute atomic E-state index is 13.2. The van der Waals surface area contributed by atoms with E-state index in [0.29, 0.717) is 18.7 Å². The maximum atomic E-state index is 13.2. The van der Waals surface area contributed by atoms with Gasteiger partial charge in [0.2, 0.25) is 15.9 Å². The summed E-state index contributed by atoms with van der Waals surface area (Å²) in [4.78, 5) is 13.0. The highest BCUT2D eigenvalue weighted by atomic mass is 32.2. The third kappa shape index (κ3) is 4.87. The predicted molar refractivity (Wildman–Crippen MR) is 109 cm³/mol. The van der Waals surface area contributed by atoms with Gasteiger partial charge in [0.1, 0.15) is 10.6 Å². The Morgan fingerprint density at radius 2 is 1.82 bits per heavy atom. The molecular weight excluding hydrogens is 376 g/mol. The van der Waals surface area contributed by atoms with Gasteiger partial charge in [0, 0.05) is 19.1 Å². The van der Waals surface area contributed by atoms with Crippen LogP contribution in [0.25, 0.3) is 0 Å². The van der Waals surface area contributed by atoms with Gasteiger partial charge in [0.05, 0.1) is 13.0 Å². The molecule has 3 rings (SSSR count). The van der Waals surface area contributed by atoms with Gasteiger partial charge in [-0.2, -0.15) is 4.31 Å².